The highest BCUT2D eigenvalue weighted by molar-refractivity contribution is 7.11. The molecule has 2 N–H and O–H groups in total. The lowest BCUT2D eigenvalue weighted by Gasteiger charge is -2.07. The van der Waals surface area contributed by atoms with Crippen LogP contribution in [0, 0.1) is 6.92 Å². The highest BCUT2D eigenvalue weighted by Crippen LogP contribution is 2.17. The zero-order valence-corrected chi connectivity index (χ0v) is 15.4. The number of rotatable bonds is 7. The Morgan fingerprint density at radius 3 is 2.73 bits per heavy atom. The van der Waals surface area contributed by atoms with Crippen molar-refractivity contribution in [1.82, 2.24) is 5.32 Å². The molecule has 0 radical (unpaired) electrons. The Morgan fingerprint density at radius 2 is 2.04 bits per heavy atom. The molecule has 0 bridgehead atoms. The van der Waals surface area contributed by atoms with Crippen molar-refractivity contribution in [2.45, 2.75) is 13.8 Å². The first-order valence-corrected chi connectivity index (χ1v) is 8.94. The monoisotopic (exact) mass is 372 g/mol. The molecule has 0 unspecified atom stereocenters. The van der Waals surface area contributed by atoms with E-state index in [-0.39, 0.29) is 5.91 Å². The number of carbonyl (C=O) groups excluding carboxylic acids is 3. The van der Waals surface area contributed by atoms with Gasteiger partial charge >= 0.3 is 5.97 Å². The Bertz CT molecular complexity index is 826. The zero-order valence-electron chi connectivity index (χ0n) is 14.6. The molecule has 0 spiro atoms. The van der Waals surface area contributed by atoms with Crippen LogP contribution in [-0.2, 0) is 14.3 Å². The summed E-state index contributed by atoms with van der Waals surface area (Å²) in [5, 5.41) is 7.21. The van der Waals surface area contributed by atoms with Crippen molar-refractivity contribution in [3.63, 3.8) is 0 Å². The number of amides is 2. The van der Waals surface area contributed by atoms with Crippen LogP contribution in [0.5, 0.6) is 0 Å². The van der Waals surface area contributed by atoms with Crippen molar-refractivity contribution in [3.8, 4) is 0 Å². The summed E-state index contributed by atoms with van der Waals surface area (Å²) in [4.78, 5) is 36.3. The zero-order chi connectivity index (χ0) is 18.9. The van der Waals surface area contributed by atoms with Crippen LogP contribution in [0.15, 0.2) is 41.8 Å². The van der Waals surface area contributed by atoms with Crippen molar-refractivity contribution >= 4 is 40.9 Å². The molecule has 2 amide bonds. The lowest BCUT2D eigenvalue weighted by Crippen LogP contribution is -2.23. The van der Waals surface area contributed by atoms with E-state index in [4.69, 9.17) is 4.74 Å². The van der Waals surface area contributed by atoms with Gasteiger partial charge in [0.2, 0.25) is 0 Å². The third-order valence-corrected chi connectivity index (χ3v) is 4.35. The van der Waals surface area contributed by atoms with Gasteiger partial charge in [-0.15, -0.1) is 11.3 Å². The van der Waals surface area contributed by atoms with Crippen molar-refractivity contribution in [3.05, 3.63) is 57.8 Å². The molecule has 26 heavy (non-hydrogen) atoms. The molecule has 0 saturated heterocycles. The Kier molecular flexibility index (Phi) is 7.11. The van der Waals surface area contributed by atoms with Gasteiger partial charge in [0.15, 0.2) is 6.61 Å². The van der Waals surface area contributed by atoms with Gasteiger partial charge in [-0.25, -0.2) is 4.79 Å². The van der Waals surface area contributed by atoms with Gasteiger partial charge in [0.1, 0.15) is 0 Å². The van der Waals surface area contributed by atoms with E-state index >= 15 is 0 Å². The summed E-state index contributed by atoms with van der Waals surface area (Å²) in [5.74, 6) is -1.29. The number of nitrogens with one attached hydrogen (secondary N) is 2. The van der Waals surface area contributed by atoms with Gasteiger partial charge in [0.05, 0.1) is 0 Å². The summed E-state index contributed by atoms with van der Waals surface area (Å²) in [7, 11) is 0. The maximum Gasteiger partial charge on any atom is 0.331 e. The third kappa shape index (κ3) is 5.86. The fourth-order valence-electron chi connectivity index (χ4n) is 2.08. The maximum absolute atomic E-state index is 11.9. The van der Waals surface area contributed by atoms with Crippen LogP contribution in [-0.4, -0.2) is 30.9 Å². The van der Waals surface area contributed by atoms with Crippen LogP contribution in [0.3, 0.4) is 0 Å². The number of ether oxygens (including phenoxy) is 1. The predicted molar refractivity (Wildman–Crippen MR) is 102 cm³/mol. The van der Waals surface area contributed by atoms with Gasteiger partial charge in [0, 0.05) is 28.7 Å². The van der Waals surface area contributed by atoms with E-state index in [2.05, 4.69) is 10.6 Å². The summed E-state index contributed by atoms with van der Waals surface area (Å²) >= 11 is 1.52. The summed E-state index contributed by atoms with van der Waals surface area (Å²) in [6.07, 6.45) is 2.96. The van der Waals surface area contributed by atoms with Crippen LogP contribution in [0.2, 0.25) is 0 Å². The van der Waals surface area contributed by atoms with Crippen molar-refractivity contribution in [1.29, 1.82) is 0 Å². The topological polar surface area (TPSA) is 84.5 Å². The lowest BCUT2D eigenvalue weighted by molar-refractivity contribution is -0.142. The SMILES string of the molecule is CCNC(=O)c1cccc(NC(=O)COC(=O)/C=C/c2sccc2C)c1. The minimum Gasteiger partial charge on any atom is -0.452 e. The van der Waals surface area contributed by atoms with Crippen molar-refractivity contribution in [2.75, 3.05) is 18.5 Å². The smallest absolute Gasteiger partial charge is 0.331 e. The number of aryl methyl sites for hydroxylation is 1. The average Bonchev–Trinajstić information content (AvgIpc) is 3.03. The van der Waals surface area contributed by atoms with Gasteiger partial charge < -0.3 is 15.4 Å². The first kappa shape index (κ1) is 19.4. The van der Waals surface area contributed by atoms with E-state index in [1.807, 2.05) is 25.3 Å². The molecular formula is C19H20N2O4S. The maximum atomic E-state index is 11.9. The van der Waals surface area contributed by atoms with E-state index in [1.165, 1.54) is 17.4 Å². The quantitative estimate of drug-likeness (QED) is 0.578. The number of carbonyl (C=O) groups is 3. The second kappa shape index (κ2) is 9.53. The highest BCUT2D eigenvalue weighted by atomic mass is 32.1. The van der Waals surface area contributed by atoms with Crippen molar-refractivity contribution < 1.29 is 19.1 Å². The Balaban J connectivity index is 1.84. The number of esters is 1. The molecule has 2 rings (SSSR count). The second-order valence-corrected chi connectivity index (χ2v) is 6.35. The Labute approximate surface area is 155 Å². The van der Waals surface area contributed by atoms with Gasteiger partial charge in [-0.1, -0.05) is 6.07 Å². The number of hydrogen-bond donors (Lipinski definition) is 2. The van der Waals surface area contributed by atoms with Gasteiger partial charge in [-0.05, 0) is 55.1 Å². The number of anilines is 1. The molecule has 1 heterocycles. The average molecular weight is 372 g/mol. The van der Waals surface area contributed by atoms with Crippen molar-refractivity contribution in [2.24, 2.45) is 0 Å². The molecule has 0 fully saturated rings. The molecule has 0 aliphatic heterocycles. The summed E-state index contributed by atoms with van der Waals surface area (Å²) < 4.78 is 4.92. The van der Waals surface area contributed by atoms with Crippen LogP contribution in [0.4, 0.5) is 5.69 Å². The molecule has 136 valence electrons. The molecule has 7 heteroatoms. The molecule has 0 aliphatic rings. The molecule has 0 atom stereocenters. The van der Waals surface area contributed by atoms with Crippen LogP contribution >= 0.6 is 11.3 Å². The van der Waals surface area contributed by atoms with Gasteiger partial charge in [-0.2, -0.15) is 0 Å². The van der Waals surface area contributed by atoms with E-state index in [9.17, 15) is 14.4 Å². The van der Waals surface area contributed by atoms with E-state index in [0.717, 1.165) is 10.4 Å². The normalized spacial score (nSPS) is 10.5. The van der Waals surface area contributed by atoms with Crippen LogP contribution < -0.4 is 10.6 Å². The van der Waals surface area contributed by atoms with E-state index in [1.54, 1.807) is 30.3 Å². The first-order chi connectivity index (χ1) is 12.5. The molecular weight excluding hydrogens is 352 g/mol. The molecule has 0 aliphatic carbocycles. The summed E-state index contributed by atoms with van der Waals surface area (Å²) in [6, 6.07) is 8.49. The van der Waals surface area contributed by atoms with Crippen LogP contribution in [0.1, 0.15) is 27.7 Å². The highest BCUT2D eigenvalue weighted by Gasteiger charge is 2.09. The van der Waals surface area contributed by atoms with E-state index in [0.29, 0.717) is 17.8 Å². The van der Waals surface area contributed by atoms with Gasteiger partial charge in [-0.3, -0.25) is 9.59 Å². The number of benzene rings is 1. The molecule has 1 aromatic carbocycles. The first-order valence-electron chi connectivity index (χ1n) is 8.06. The Morgan fingerprint density at radius 1 is 1.23 bits per heavy atom. The lowest BCUT2D eigenvalue weighted by atomic mass is 10.2. The fraction of sp³-hybridized carbons (Fsp3) is 0.211. The predicted octanol–water partition coefficient (Wildman–Crippen LogP) is 3.00. The summed E-state index contributed by atoms with van der Waals surface area (Å²) in [5.41, 5.74) is 1.97. The second-order valence-electron chi connectivity index (χ2n) is 5.40. The molecule has 0 saturated carbocycles. The van der Waals surface area contributed by atoms with Crippen LogP contribution in [0.25, 0.3) is 6.08 Å². The number of hydrogen-bond acceptors (Lipinski definition) is 5. The molecule has 6 nitrogen and oxygen atoms in total. The molecule has 1 aromatic heterocycles. The number of thiophene rings is 1. The minimum atomic E-state index is -0.593. The van der Waals surface area contributed by atoms with E-state index < -0.39 is 18.5 Å². The van der Waals surface area contributed by atoms with Gasteiger partial charge in [0.25, 0.3) is 11.8 Å². The summed E-state index contributed by atoms with van der Waals surface area (Å²) in [6.45, 7) is 3.89. The molecule has 2 aromatic rings. The standard InChI is InChI=1S/C19H20N2O4S/c1-3-20-19(24)14-5-4-6-15(11-14)21-17(22)12-25-18(23)8-7-16-13(2)9-10-26-16/h4-11H,3,12H2,1-2H3,(H,20,24)(H,21,22)/b8-7+. The minimum absolute atomic E-state index is 0.218. The fourth-order valence-corrected chi connectivity index (χ4v) is 2.90. The Hall–Kier alpha value is -2.93. The third-order valence-electron chi connectivity index (χ3n) is 3.36. The largest absolute Gasteiger partial charge is 0.452 e.